The number of piperidine rings is 1. The third-order valence-electron chi connectivity index (χ3n) is 5.44. The number of hydrogen-bond acceptors (Lipinski definition) is 5. The lowest BCUT2D eigenvalue weighted by Crippen LogP contribution is -2.56. The fourth-order valence-electron chi connectivity index (χ4n) is 3.95. The van der Waals surface area contributed by atoms with Crippen LogP contribution in [0.5, 0.6) is 0 Å². The Kier molecular flexibility index (Phi) is 4.81. The molecule has 0 bridgehead atoms. The summed E-state index contributed by atoms with van der Waals surface area (Å²) >= 11 is 1.62. The summed E-state index contributed by atoms with van der Waals surface area (Å²) in [5.74, 6) is -0.184. The van der Waals surface area contributed by atoms with E-state index in [1.54, 1.807) is 40.7 Å². The average Bonchev–Trinajstić information content (AvgIpc) is 3.15. The predicted octanol–water partition coefficient (Wildman–Crippen LogP) is 1.68. The summed E-state index contributed by atoms with van der Waals surface area (Å²) in [6.45, 7) is 0.831. The van der Waals surface area contributed by atoms with E-state index in [4.69, 9.17) is 4.42 Å². The molecule has 2 saturated heterocycles. The van der Waals surface area contributed by atoms with Crippen LogP contribution >= 0.6 is 11.8 Å². The normalized spacial score (nSPS) is 22.6. The number of carbonyl (C=O) groups is 3. The van der Waals surface area contributed by atoms with Crippen molar-refractivity contribution < 1.29 is 23.9 Å². The Balaban J connectivity index is 1.71. The summed E-state index contributed by atoms with van der Waals surface area (Å²) in [6.07, 6.45) is 2.94. The van der Waals surface area contributed by atoms with Crippen molar-refractivity contribution in [2.24, 2.45) is 5.92 Å². The van der Waals surface area contributed by atoms with E-state index in [2.05, 4.69) is 0 Å². The molecule has 2 aliphatic rings. The van der Waals surface area contributed by atoms with Crippen molar-refractivity contribution in [3.63, 3.8) is 0 Å². The Hall–Kier alpha value is -1.96. The Morgan fingerprint density at radius 3 is 2.64 bits per heavy atom. The second-order valence-electron chi connectivity index (χ2n) is 6.64. The Bertz CT molecular complexity index is 693. The van der Waals surface area contributed by atoms with Crippen LogP contribution in [0.3, 0.4) is 0 Å². The largest absolute Gasteiger partial charge is 0.481 e. The van der Waals surface area contributed by atoms with Gasteiger partial charge in [0.05, 0.1) is 17.2 Å². The molecule has 2 aliphatic heterocycles. The van der Waals surface area contributed by atoms with E-state index >= 15 is 0 Å². The van der Waals surface area contributed by atoms with Crippen LogP contribution in [-0.4, -0.2) is 64.6 Å². The third kappa shape index (κ3) is 3.03. The van der Waals surface area contributed by atoms with E-state index in [0.29, 0.717) is 37.4 Å². The van der Waals surface area contributed by atoms with Crippen molar-refractivity contribution in [2.75, 3.05) is 26.4 Å². The minimum Gasteiger partial charge on any atom is -0.481 e. The standard InChI is InChI=1S/C17H22N2O5S/c1-18-14(20)9-12(16(22)23)17(18)5-7-19(8-6-17)15(21)13-4-3-11(24-13)10-25-2/h3-4,12H,5-10H2,1-2H3,(H,22,23)/t12-/m1/s1. The van der Waals surface area contributed by atoms with Crippen LogP contribution in [0, 0.1) is 5.92 Å². The van der Waals surface area contributed by atoms with Gasteiger partial charge in [-0.2, -0.15) is 11.8 Å². The molecule has 7 nitrogen and oxygen atoms in total. The molecule has 136 valence electrons. The van der Waals surface area contributed by atoms with Gasteiger partial charge in [0, 0.05) is 26.6 Å². The number of carbonyl (C=O) groups excluding carboxylic acids is 2. The highest BCUT2D eigenvalue weighted by atomic mass is 32.2. The maximum Gasteiger partial charge on any atom is 0.309 e. The van der Waals surface area contributed by atoms with Gasteiger partial charge in [-0.1, -0.05) is 0 Å². The minimum atomic E-state index is -0.940. The molecule has 1 aromatic heterocycles. The molecule has 3 heterocycles. The number of furan rings is 1. The number of hydrogen-bond donors (Lipinski definition) is 1. The highest BCUT2D eigenvalue weighted by Gasteiger charge is 2.55. The van der Waals surface area contributed by atoms with Crippen molar-refractivity contribution >= 4 is 29.5 Å². The van der Waals surface area contributed by atoms with Gasteiger partial charge in [0.15, 0.2) is 5.76 Å². The first kappa shape index (κ1) is 17.8. The smallest absolute Gasteiger partial charge is 0.309 e. The van der Waals surface area contributed by atoms with E-state index in [1.807, 2.05) is 6.26 Å². The molecule has 0 unspecified atom stereocenters. The molecule has 2 fully saturated rings. The molecule has 1 aromatic rings. The van der Waals surface area contributed by atoms with Gasteiger partial charge in [-0.25, -0.2) is 0 Å². The fourth-order valence-corrected chi connectivity index (χ4v) is 4.39. The summed E-state index contributed by atoms with van der Waals surface area (Å²) in [6, 6.07) is 3.49. The second-order valence-corrected chi connectivity index (χ2v) is 7.51. The molecule has 2 amide bonds. The number of carboxylic acids is 1. The van der Waals surface area contributed by atoms with Crippen LogP contribution in [0.15, 0.2) is 16.5 Å². The van der Waals surface area contributed by atoms with E-state index in [-0.39, 0.29) is 18.2 Å². The lowest BCUT2D eigenvalue weighted by Gasteiger charge is -2.45. The number of thioether (sulfide) groups is 1. The van der Waals surface area contributed by atoms with E-state index < -0.39 is 17.4 Å². The number of aliphatic carboxylic acids is 1. The molecular formula is C17H22N2O5S. The van der Waals surface area contributed by atoms with Gasteiger partial charge in [-0.15, -0.1) is 0 Å². The maximum absolute atomic E-state index is 12.6. The van der Waals surface area contributed by atoms with Crippen LogP contribution in [0.1, 0.15) is 35.6 Å². The zero-order chi connectivity index (χ0) is 18.2. The highest BCUT2D eigenvalue weighted by Crippen LogP contribution is 2.43. The summed E-state index contributed by atoms with van der Waals surface area (Å²) in [5.41, 5.74) is -0.688. The van der Waals surface area contributed by atoms with E-state index in [0.717, 1.165) is 5.76 Å². The Morgan fingerprint density at radius 1 is 1.36 bits per heavy atom. The molecule has 25 heavy (non-hydrogen) atoms. The minimum absolute atomic E-state index is 0.0377. The van der Waals surface area contributed by atoms with Gasteiger partial charge in [-0.05, 0) is 31.2 Å². The first-order valence-corrected chi connectivity index (χ1v) is 9.65. The monoisotopic (exact) mass is 366 g/mol. The molecule has 3 rings (SSSR count). The van der Waals surface area contributed by atoms with Crippen molar-refractivity contribution in [1.82, 2.24) is 9.80 Å². The Labute approximate surface area is 150 Å². The summed E-state index contributed by atoms with van der Waals surface area (Å²) in [5, 5.41) is 9.50. The highest BCUT2D eigenvalue weighted by molar-refractivity contribution is 7.97. The first-order valence-electron chi connectivity index (χ1n) is 8.25. The molecule has 0 aliphatic carbocycles. The van der Waals surface area contributed by atoms with Crippen LogP contribution in [0.4, 0.5) is 0 Å². The third-order valence-corrected chi connectivity index (χ3v) is 6.02. The quantitative estimate of drug-likeness (QED) is 0.872. The number of rotatable bonds is 4. The van der Waals surface area contributed by atoms with E-state index in [1.165, 1.54) is 0 Å². The van der Waals surface area contributed by atoms with Crippen molar-refractivity contribution in [2.45, 2.75) is 30.6 Å². The van der Waals surface area contributed by atoms with Crippen molar-refractivity contribution in [1.29, 1.82) is 0 Å². The lowest BCUT2D eigenvalue weighted by atomic mass is 9.77. The van der Waals surface area contributed by atoms with Crippen LogP contribution in [-0.2, 0) is 15.3 Å². The maximum atomic E-state index is 12.6. The van der Waals surface area contributed by atoms with E-state index in [9.17, 15) is 19.5 Å². The van der Waals surface area contributed by atoms with Gasteiger partial charge in [0.1, 0.15) is 5.76 Å². The molecule has 1 atom stereocenters. The predicted molar refractivity (Wildman–Crippen MR) is 92.3 cm³/mol. The topological polar surface area (TPSA) is 91.1 Å². The number of likely N-dealkylation sites (tertiary alicyclic amines) is 2. The van der Waals surface area contributed by atoms with Gasteiger partial charge in [0.25, 0.3) is 5.91 Å². The zero-order valence-electron chi connectivity index (χ0n) is 14.4. The fraction of sp³-hybridized carbons (Fsp3) is 0.588. The number of amides is 2. The number of carboxylic acid groups (broad SMARTS) is 1. The molecule has 8 heteroatoms. The second kappa shape index (κ2) is 6.74. The Morgan fingerprint density at radius 2 is 2.04 bits per heavy atom. The molecule has 0 saturated carbocycles. The lowest BCUT2D eigenvalue weighted by molar-refractivity contribution is -0.145. The molecule has 0 radical (unpaired) electrons. The number of nitrogens with zero attached hydrogens (tertiary/aromatic N) is 2. The molecule has 0 aromatic carbocycles. The van der Waals surface area contributed by atoms with Crippen molar-refractivity contribution in [3.8, 4) is 0 Å². The summed E-state index contributed by atoms with van der Waals surface area (Å²) < 4.78 is 5.58. The molecular weight excluding hydrogens is 344 g/mol. The van der Waals surface area contributed by atoms with Gasteiger partial charge in [0.2, 0.25) is 5.91 Å². The van der Waals surface area contributed by atoms with Crippen LogP contribution < -0.4 is 0 Å². The summed E-state index contributed by atoms with van der Waals surface area (Å²) in [4.78, 5) is 39.5. The molecule has 1 N–H and O–H groups in total. The zero-order valence-corrected chi connectivity index (χ0v) is 15.2. The molecule has 1 spiro atoms. The van der Waals surface area contributed by atoms with Crippen molar-refractivity contribution in [3.05, 3.63) is 23.7 Å². The van der Waals surface area contributed by atoms with Gasteiger partial charge >= 0.3 is 5.97 Å². The average molecular weight is 366 g/mol. The van der Waals surface area contributed by atoms with Crippen LogP contribution in [0.2, 0.25) is 0 Å². The van der Waals surface area contributed by atoms with Crippen LogP contribution in [0.25, 0.3) is 0 Å². The SMILES string of the molecule is CSCc1ccc(C(=O)N2CCC3(CC2)[C@@H](C(=O)O)CC(=O)N3C)o1. The van der Waals surface area contributed by atoms with Gasteiger partial charge in [-0.3, -0.25) is 14.4 Å². The first-order chi connectivity index (χ1) is 11.9. The van der Waals surface area contributed by atoms with Gasteiger partial charge < -0.3 is 19.3 Å². The summed E-state index contributed by atoms with van der Waals surface area (Å²) in [7, 11) is 1.67.